The van der Waals surface area contributed by atoms with Gasteiger partial charge in [0.2, 0.25) is 5.91 Å². The van der Waals surface area contributed by atoms with E-state index in [4.69, 9.17) is 10.5 Å². The number of aliphatic hydroxyl groups is 1. The summed E-state index contributed by atoms with van der Waals surface area (Å²) in [4.78, 5) is 37.2. The van der Waals surface area contributed by atoms with Gasteiger partial charge in [0.15, 0.2) is 6.10 Å². The molecule has 282 valence electrons. The molecule has 5 atom stereocenters. The van der Waals surface area contributed by atoms with Crippen LogP contribution in [-0.2, 0) is 19.1 Å². The Morgan fingerprint density at radius 1 is 0.667 bits per heavy atom. The van der Waals surface area contributed by atoms with Crippen molar-refractivity contribution < 1.29 is 29.3 Å². The Hall–Kier alpha value is -1.67. The molecule has 0 aliphatic heterocycles. The number of carboxylic acid groups (broad SMARTS) is 1. The smallest absolute Gasteiger partial charge is 0.335 e. The zero-order valence-electron chi connectivity index (χ0n) is 31.2. The molecule has 48 heavy (non-hydrogen) atoms. The van der Waals surface area contributed by atoms with Crippen LogP contribution in [0.1, 0.15) is 200 Å². The Morgan fingerprint density at radius 2 is 1.12 bits per heavy atom. The van der Waals surface area contributed by atoms with Gasteiger partial charge in [-0.2, -0.15) is 0 Å². The molecule has 0 aromatic carbocycles. The molecular weight excluding hydrogens is 604 g/mol. The van der Waals surface area contributed by atoms with Gasteiger partial charge in [0.25, 0.3) is 0 Å². The van der Waals surface area contributed by atoms with Crippen molar-refractivity contribution in [1.82, 2.24) is 5.32 Å². The zero-order chi connectivity index (χ0) is 35.2. The third kappa shape index (κ3) is 24.5. The summed E-state index contributed by atoms with van der Waals surface area (Å²) in [5.74, 6) is -0.260. The van der Waals surface area contributed by atoms with E-state index < -0.39 is 36.1 Å². The van der Waals surface area contributed by atoms with Gasteiger partial charge < -0.3 is 26.0 Å². The summed E-state index contributed by atoms with van der Waals surface area (Å²) in [5, 5.41) is 22.6. The third-order valence-electron chi connectivity index (χ3n) is 10.2. The van der Waals surface area contributed by atoms with Crippen LogP contribution in [0.5, 0.6) is 0 Å². The number of amides is 1. The first kappa shape index (κ1) is 44.4. The Labute approximate surface area is 294 Å². The molecule has 5 N–H and O–H groups in total. The second kappa shape index (κ2) is 30.2. The molecule has 1 aliphatic rings. The highest BCUT2D eigenvalue weighted by Crippen LogP contribution is 2.45. The molecule has 0 heterocycles. The van der Waals surface area contributed by atoms with Crippen molar-refractivity contribution in [3.8, 4) is 0 Å². The number of rotatable bonds is 35. The first-order valence-corrected chi connectivity index (χ1v) is 20.4. The van der Waals surface area contributed by atoms with E-state index in [-0.39, 0.29) is 12.8 Å². The fourth-order valence-electron chi connectivity index (χ4n) is 6.94. The van der Waals surface area contributed by atoms with Gasteiger partial charge in [0.1, 0.15) is 12.1 Å². The van der Waals surface area contributed by atoms with Crippen LogP contribution in [0.2, 0.25) is 0 Å². The molecule has 1 amide bonds. The topological polar surface area (TPSA) is 139 Å². The van der Waals surface area contributed by atoms with Gasteiger partial charge in [0, 0.05) is 0 Å². The van der Waals surface area contributed by atoms with E-state index in [9.17, 15) is 24.6 Å². The SMILES string of the molecule is CCCCCCCCCCCCCC(CC(=O)NC(CCCN)C(=O)O)OC(=O)C(O)CCCCCCCCC1CC1CCCCCC. The second-order valence-corrected chi connectivity index (χ2v) is 14.8. The minimum absolute atomic E-state index is 0.108. The van der Waals surface area contributed by atoms with E-state index in [0.29, 0.717) is 25.8 Å². The van der Waals surface area contributed by atoms with Gasteiger partial charge in [0.05, 0.1) is 6.42 Å². The molecule has 1 rings (SSSR count). The third-order valence-corrected chi connectivity index (χ3v) is 10.2. The van der Waals surface area contributed by atoms with Crippen molar-refractivity contribution in [2.24, 2.45) is 17.6 Å². The maximum atomic E-state index is 12.8. The van der Waals surface area contributed by atoms with Crippen molar-refractivity contribution in [1.29, 1.82) is 0 Å². The number of ether oxygens (including phenoxy) is 1. The van der Waals surface area contributed by atoms with Gasteiger partial charge in [-0.25, -0.2) is 9.59 Å². The highest BCUT2D eigenvalue weighted by atomic mass is 16.6. The number of aliphatic carboxylic acids is 1. The van der Waals surface area contributed by atoms with Gasteiger partial charge in [-0.15, -0.1) is 0 Å². The maximum Gasteiger partial charge on any atom is 0.335 e. The lowest BCUT2D eigenvalue weighted by molar-refractivity contribution is -0.161. The van der Waals surface area contributed by atoms with Crippen molar-refractivity contribution in [3.05, 3.63) is 0 Å². The number of carboxylic acids is 1. The zero-order valence-corrected chi connectivity index (χ0v) is 31.2. The standard InChI is InChI=1S/C40H76N2O6/c1-3-5-7-9-10-11-12-13-14-18-22-27-35(32-38(44)42-36(39(45)46)28-24-30-41)48-40(47)37(43)29-23-19-16-15-17-21-26-34-31-33(34)25-20-8-6-4-2/h33-37,43H,3-32,41H2,1-2H3,(H,42,44)(H,45,46). The van der Waals surface area contributed by atoms with Crippen LogP contribution in [0.4, 0.5) is 0 Å². The fraction of sp³-hybridized carbons (Fsp3) is 0.925. The van der Waals surface area contributed by atoms with Gasteiger partial charge in [-0.3, -0.25) is 4.79 Å². The number of aliphatic hydroxyl groups excluding tert-OH is 1. The largest absolute Gasteiger partial charge is 0.480 e. The van der Waals surface area contributed by atoms with Crippen LogP contribution >= 0.6 is 0 Å². The first-order chi connectivity index (χ1) is 23.3. The summed E-state index contributed by atoms with van der Waals surface area (Å²) in [6, 6.07) is -1.02. The number of esters is 1. The van der Waals surface area contributed by atoms with Crippen LogP contribution in [0.25, 0.3) is 0 Å². The Morgan fingerprint density at radius 3 is 1.62 bits per heavy atom. The molecule has 5 unspecified atom stereocenters. The highest BCUT2D eigenvalue weighted by Gasteiger charge is 2.35. The molecule has 0 aromatic heterocycles. The summed E-state index contributed by atoms with van der Waals surface area (Å²) in [6.45, 7) is 4.85. The van der Waals surface area contributed by atoms with Crippen LogP contribution in [0.3, 0.4) is 0 Å². The summed E-state index contributed by atoms with van der Waals surface area (Å²) >= 11 is 0. The quantitative estimate of drug-likeness (QED) is 0.0386. The molecule has 1 fully saturated rings. The van der Waals surface area contributed by atoms with E-state index in [1.807, 2.05) is 0 Å². The summed E-state index contributed by atoms with van der Waals surface area (Å²) in [7, 11) is 0. The fourth-order valence-corrected chi connectivity index (χ4v) is 6.94. The minimum Gasteiger partial charge on any atom is -0.480 e. The molecule has 0 radical (unpaired) electrons. The van der Waals surface area contributed by atoms with Gasteiger partial charge >= 0.3 is 11.9 Å². The van der Waals surface area contributed by atoms with Crippen molar-refractivity contribution >= 4 is 17.8 Å². The molecule has 0 saturated heterocycles. The summed E-state index contributed by atoms with van der Waals surface area (Å²) in [5.41, 5.74) is 5.52. The Balaban J connectivity index is 2.33. The average Bonchev–Trinajstić information content (AvgIpc) is 3.82. The monoisotopic (exact) mass is 681 g/mol. The Kier molecular flexibility index (Phi) is 27.9. The normalized spacial score (nSPS) is 17.5. The maximum absolute atomic E-state index is 12.8. The van der Waals surface area contributed by atoms with Gasteiger partial charge in [-0.1, -0.05) is 155 Å². The predicted molar refractivity (Wildman–Crippen MR) is 197 cm³/mol. The number of hydrogen-bond acceptors (Lipinski definition) is 6. The number of nitrogens with one attached hydrogen (secondary N) is 1. The number of unbranched alkanes of at least 4 members (excludes halogenated alkanes) is 18. The predicted octanol–water partition coefficient (Wildman–Crippen LogP) is 9.39. The molecule has 0 aromatic rings. The number of nitrogens with two attached hydrogens (primary N) is 1. The second-order valence-electron chi connectivity index (χ2n) is 14.8. The lowest BCUT2D eigenvalue weighted by Gasteiger charge is -2.21. The van der Waals surface area contributed by atoms with E-state index >= 15 is 0 Å². The minimum atomic E-state index is -1.20. The molecule has 1 aliphatic carbocycles. The van der Waals surface area contributed by atoms with E-state index in [0.717, 1.165) is 50.4 Å². The van der Waals surface area contributed by atoms with Crippen LogP contribution in [0.15, 0.2) is 0 Å². The van der Waals surface area contributed by atoms with Crippen molar-refractivity contribution in [3.63, 3.8) is 0 Å². The lowest BCUT2D eigenvalue weighted by Crippen LogP contribution is -2.42. The van der Waals surface area contributed by atoms with Crippen LogP contribution in [0, 0.1) is 11.8 Å². The molecular formula is C40H76N2O6. The average molecular weight is 681 g/mol. The molecule has 0 spiro atoms. The van der Waals surface area contributed by atoms with Crippen LogP contribution < -0.4 is 11.1 Å². The van der Waals surface area contributed by atoms with Crippen LogP contribution in [-0.4, -0.2) is 52.9 Å². The summed E-state index contributed by atoms with van der Waals surface area (Å²) < 4.78 is 5.66. The van der Waals surface area contributed by atoms with Crippen molar-refractivity contribution in [2.75, 3.05) is 6.54 Å². The number of carbonyl (C=O) groups is 3. The van der Waals surface area contributed by atoms with E-state index in [2.05, 4.69) is 19.2 Å². The molecule has 0 bridgehead atoms. The van der Waals surface area contributed by atoms with Gasteiger partial charge in [-0.05, 0) is 56.9 Å². The lowest BCUT2D eigenvalue weighted by atomic mass is 10.0. The van der Waals surface area contributed by atoms with Crippen molar-refractivity contribution in [2.45, 2.75) is 218 Å². The first-order valence-electron chi connectivity index (χ1n) is 20.4. The molecule has 8 nitrogen and oxygen atoms in total. The molecule has 8 heteroatoms. The summed E-state index contributed by atoms with van der Waals surface area (Å²) in [6.07, 6.45) is 29.2. The number of hydrogen-bond donors (Lipinski definition) is 4. The van der Waals surface area contributed by atoms with E-state index in [1.54, 1.807) is 0 Å². The Bertz CT molecular complexity index is 809. The molecule has 1 saturated carbocycles. The number of carbonyl (C=O) groups excluding carboxylic acids is 2. The van der Waals surface area contributed by atoms with E-state index in [1.165, 1.54) is 116 Å². The highest BCUT2D eigenvalue weighted by molar-refractivity contribution is 5.84.